The first kappa shape index (κ1) is 14.2. The molecule has 2 aromatic rings. The van der Waals surface area contributed by atoms with Crippen LogP contribution < -0.4 is 5.32 Å². The van der Waals surface area contributed by atoms with Gasteiger partial charge in [-0.3, -0.25) is 4.79 Å². The van der Waals surface area contributed by atoms with Crippen molar-refractivity contribution in [3.63, 3.8) is 0 Å². The standard InChI is InChI=1S/C14H14N4OS/c1-9(2)12-13(20-18-17-12)14(19)16-11-5-3-10(4-6-11)7-8-15/h3-6,9H,7H2,1-2H3,(H,16,19). The third-order valence-electron chi connectivity index (χ3n) is 2.76. The van der Waals surface area contributed by atoms with Crippen LogP contribution in [0.15, 0.2) is 24.3 Å². The molecule has 0 atom stereocenters. The zero-order valence-corrected chi connectivity index (χ0v) is 12.1. The van der Waals surface area contributed by atoms with Crippen molar-refractivity contribution in [3.05, 3.63) is 40.4 Å². The fraction of sp³-hybridized carbons (Fsp3) is 0.286. The first-order chi connectivity index (χ1) is 9.61. The molecule has 0 aliphatic carbocycles. The summed E-state index contributed by atoms with van der Waals surface area (Å²) in [6, 6.07) is 9.31. The second-order valence-corrected chi connectivity index (χ2v) is 5.38. The lowest BCUT2D eigenvalue weighted by Gasteiger charge is -2.06. The van der Waals surface area contributed by atoms with E-state index in [4.69, 9.17) is 5.26 Å². The van der Waals surface area contributed by atoms with Gasteiger partial charge < -0.3 is 5.32 Å². The molecule has 0 radical (unpaired) electrons. The molecule has 2 rings (SSSR count). The van der Waals surface area contributed by atoms with Crippen molar-refractivity contribution in [2.45, 2.75) is 26.2 Å². The molecule has 20 heavy (non-hydrogen) atoms. The molecular formula is C14H14N4OS. The van der Waals surface area contributed by atoms with E-state index in [0.717, 1.165) is 17.1 Å². The molecule has 0 bridgehead atoms. The van der Waals surface area contributed by atoms with E-state index in [2.05, 4.69) is 21.0 Å². The van der Waals surface area contributed by atoms with E-state index in [1.165, 1.54) is 0 Å². The summed E-state index contributed by atoms with van der Waals surface area (Å²) < 4.78 is 3.84. The summed E-state index contributed by atoms with van der Waals surface area (Å²) in [7, 11) is 0. The van der Waals surface area contributed by atoms with Gasteiger partial charge in [0.1, 0.15) is 4.88 Å². The number of rotatable bonds is 4. The fourth-order valence-corrected chi connectivity index (χ4v) is 2.43. The summed E-state index contributed by atoms with van der Waals surface area (Å²) >= 11 is 1.10. The molecule has 102 valence electrons. The number of nitrogens with zero attached hydrogens (tertiary/aromatic N) is 3. The number of amides is 1. The van der Waals surface area contributed by atoms with Gasteiger partial charge in [-0.1, -0.05) is 30.5 Å². The Morgan fingerprint density at radius 3 is 2.70 bits per heavy atom. The Labute approximate surface area is 121 Å². The summed E-state index contributed by atoms with van der Waals surface area (Å²) in [5.74, 6) is -0.0377. The summed E-state index contributed by atoms with van der Waals surface area (Å²) in [6.45, 7) is 3.95. The summed E-state index contributed by atoms with van der Waals surface area (Å²) in [5.41, 5.74) is 2.33. The monoisotopic (exact) mass is 286 g/mol. The minimum Gasteiger partial charge on any atom is -0.321 e. The highest BCUT2D eigenvalue weighted by atomic mass is 32.1. The average Bonchev–Trinajstić information content (AvgIpc) is 2.91. The molecule has 1 heterocycles. The van der Waals surface area contributed by atoms with Gasteiger partial charge in [0.15, 0.2) is 0 Å². The number of benzene rings is 1. The molecule has 1 amide bonds. The van der Waals surface area contributed by atoms with Gasteiger partial charge >= 0.3 is 0 Å². The molecule has 1 aromatic heterocycles. The van der Waals surface area contributed by atoms with Gasteiger partial charge in [-0.05, 0) is 35.1 Å². The largest absolute Gasteiger partial charge is 0.321 e. The molecule has 0 aliphatic heterocycles. The van der Waals surface area contributed by atoms with E-state index in [-0.39, 0.29) is 11.8 Å². The number of carbonyl (C=O) groups excluding carboxylic acids is 1. The Morgan fingerprint density at radius 2 is 2.10 bits per heavy atom. The number of hydrogen-bond acceptors (Lipinski definition) is 5. The summed E-state index contributed by atoms with van der Waals surface area (Å²) in [6.07, 6.45) is 0.366. The number of carbonyl (C=O) groups is 1. The van der Waals surface area contributed by atoms with Gasteiger partial charge in [0, 0.05) is 5.69 Å². The maximum Gasteiger partial charge on any atom is 0.269 e. The van der Waals surface area contributed by atoms with Crippen LogP contribution in [-0.2, 0) is 6.42 Å². The van der Waals surface area contributed by atoms with Gasteiger partial charge in [0.05, 0.1) is 18.2 Å². The van der Waals surface area contributed by atoms with Gasteiger partial charge in [-0.15, -0.1) is 5.10 Å². The third kappa shape index (κ3) is 3.19. The number of nitrogens with one attached hydrogen (secondary N) is 1. The maximum absolute atomic E-state index is 12.2. The molecule has 0 unspecified atom stereocenters. The highest BCUT2D eigenvalue weighted by Gasteiger charge is 2.18. The molecule has 0 fully saturated rings. The Morgan fingerprint density at radius 1 is 1.40 bits per heavy atom. The molecule has 0 saturated carbocycles. The van der Waals surface area contributed by atoms with Crippen LogP contribution >= 0.6 is 11.5 Å². The molecule has 6 heteroatoms. The van der Waals surface area contributed by atoms with E-state index < -0.39 is 0 Å². The Bertz CT molecular complexity index is 640. The Balaban J connectivity index is 2.11. The molecule has 1 N–H and O–H groups in total. The topological polar surface area (TPSA) is 78.7 Å². The number of anilines is 1. The van der Waals surface area contributed by atoms with Crippen LogP contribution in [0.25, 0.3) is 0 Å². The van der Waals surface area contributed by atoms with Crippen molar-refractivity contribution in [3.8, 4) is 6.07 Å². The van der Waals surface area contributed by atoms with Gasteiger partial charge in [0.25, 0.3) is 5.91 Å². The number of hydrogen-bond donors (Lipinski definition) is 1. The zero-order valence-electron chi connectivity index (χ0n) is 11.3. The highest BCUT2D eigenvalue weighted by molar-refractivity contribution is 7.08. The van der Waals surface area contributed by atoms with Crippen molar-refractivity contribution in [2.24, 2.45) is 0 Å². The van der Waals surface area contributed by atoms with Gasteiger partial charge in [-0.25, -0.2) is 0 Å². The predicted octanol–water partition coefficient (Wildman–Crippen LogP) is 2.98. The van der Waals surface area contributed by atoms with E-state index in [9.17, 15) is 4.79 Å². The van der Waals surface area contributed by atoms with Crippen LogP contribution in [0.5, 0.6) is 0 Å². The first-order valence-corrected chi connectivity index (χ1v) is 6.98. The van der Waals surface area contributed by atoms with E-state index in [1.807, 2.05) is 26.0 Å². The zero-order chi connectivity index (χ0) is 14.5. The molecule has 0 spiro atoms. The Hall–Kier alpha value is -2.26. The molecular weight excluding hydrogens is 272 g/mol. The lowest BCUT2D eigenvalue weighted by Crippen LogP contribution is -2.13. The molecule has 5 nitrogen and oxygen atoms in total. The van der Waals surface area contributed by atoms with Gasteiger partial charge in [-0.2, -0.15) is 5.26 Å². The second-order valence-electron chi connectivity index (χ2n) is 4.63. The van der Waals surface area contributed by atoms with Crippen LogP contribution in [-0.4, -0.2) is 15.5 Å². The quantitative estimate of drug-likeness (QED) is 0.937. The normalized spacial score (nSPS) is 10.3. The number of nitriles is 1. The lowest BCUT2D eigenvalue weighted by atomic mass is 10.1. The smallest absolute Gasteiger partial charge is 0.269 e. The summed E-state index contributed by atoms with van der Waals surface area (Å²) in [4.78, 5) is 12.7. The van der Waals surface area contributed by atoms with Crippen LogP contribution in [0.1, 0.15) is 40.7 Å². The van der Waals surface area contributed by atoms with Crippen LogP contribution in [0, 0.1) is 11.3 Å². The van der Waals surface area contributed by atoms with Crippen molar-refractivity contribution in [1.82, 2.24) is 9.59 Å². The molecule has 1 aromatic carbocycles. The van der Waals surface area contributed by atoms with Crippen LogP contribution in [0.2, 0.25) is 0 Å². The minimum atomic E-state index is -0.197. The second kappa shape index (κ2) is 6.26. The molecule has 0 saturated heterocycles. The van der Waals surface area contributed by atoms with Gasteiger partial charge in [0.2, 0.25) is 0 Å². The minimum absolute atomic E-state index is 0.160. The van der Waals surface area contributed by atoms with Crippen molar-refractivity contribution < 1.29 is 4.79 Å². The van der Waals surface area contributed by atoms with Crippen LogP contribution in [0.4, 0.5) is 5.69 Å². The van der Waals surface area contributed by atoms with Crippen molar-refractivity contribution in [1.29, 1.82) is 5.26 Å². The first-order valence-electron chi connectivity index (χ1n) is 6.21. The third-order valence-corrected chi connectivity index (χ3v) is 3.50. The highest BCUT2D eigenvalue weighted by Crippen LogP contribution is 2.21. The van der Waals surface area contributed by atoms with Crippen molar-refractivity contribution >= 4 is 23.1 Å². The maximum atomic E-state index is 12.2. The lowest BCUT2D eigenvalue weighted by molar-refractivity contribution is 0.102. The fourth-order valence-electron chi connectivity index (χ4n) is 1.72. The molecule has 0 aliphatic rings. The predicted molar refractivity (Wildman–Crippen MR) is 77.7 cm³/mol. The van der Waals surface area contributed by atoms with E-state index in [1.54, 1.807) is 12.1 Å². The van der Waals surface area contributed by atoms with Crippen LogP contribution in [0.3, 0.4) is 0 Å². The SMILES string of the molecule is CC(C)c1nnsc1C(=O)Nc1ccc(CC#N)cc1. The van der Waals surface area contributed by atoms with E-state index in [0.29, 0.717) is 22.7 Å². The van der Waals surface area contributed by atoms with Crippen molar-refractivity contribution in [2.75, 3.05) is 5.32 Å². The summed E-state index contributed by atoms with van der Waals surface area (Å²) in [5, 5.41) is 15.4. The average molecular weight is 286 g/mol. The Kier molecular flexibility index (Phi) is 4.43. The van der Waals surface area contributed by atoms with E-state index >= 15 is 0 Å². The number of aromatic nitrogens is 2.